The quantitative estimate of drug-likeness (QED) is 0.716. The van der Waals surface area contributed by atoms with Crippen LogP contribution >= 0.6 is 0 Å². The third-order valence-electron chi connectivity index (χ3n) is 5.72. The van der Waals surface area contributed by atoms with E-state index < -0.39 is 0 Å². The predicted molar refractivity (Wildman–Crippen MR) is 73.4 cm³/mol. The predicted octanol–water partition coefficient (Wildman–Crippen LogP) is 3.11. The Bertz CT molecular complexity index is 304. The van der Waals surface area contributed by atoms with Crippen molar-refractivity contribution < 1.29 is 4.79 Å². The van der Waals surface area contributed by atoms with E-state index in [4.69, 9.17) is 0 Å². The Morgan fingerprint density at radius 2 is 1.89 bits per heavy atom. The minimum atomic E-state index is -0.00367. The summed E-state index contributed by atoms with van der Waals surface area (Å²) in [5.74, 6) is 2.65. The summed E-state index contributed by atoms with van der Waals surface area (Å²) in [7, 11) is 0. The van der Waals surface area contributed by atoms with Gasteiger partial charge in [-0.25, -0.2) is 0 Å². The van der Waals surface area contributed by atoms with Crippen molar-refractivity contribution >= 4 is 6.29 Å². The Kier molecular flexibility index (Phi) is 3.48. The maximum atomic E-state index is 11.6. The fourth-order valence-corrected chi connectivity index (χ4v) is 4.90. The second kappa shape index (κ2) is 4.96. The molecule has 1 heterocycles. The minimum absolute atomic E-state index is 0.00367. The van der Waals surface area contributed by atoms with E-state index in [0.29, 0.717) is 0 Å². The summed E-state index contributed by atoms with van der Waals surface area (Å²) in [5.41, 5.74) is -0.00367. The topological polar surface area (TPSA) is 20.3 Å². The van der Waals surface area contributed by atoms with Gasteiger partial charge in [0.15, 0.2) is 0 Å². The highest BCUT2D eigenvalue weighted by Crippen LogP contribution is 2.42. The minimum Gasteiger partial charge on any atom is -0.303 e. The molecule has 2 saturated carbocycles. The van der Waals surface area contributed by atoms with Crippen LogP contribution in [0, 0.1) is 23.2 Å². The Hall–Kier alpha value is -0.370. The highest BCUT2D eigenvalue weighted by molar-refractivity contribution is 5.60. The van der Waals surface area contributed by atoms with Crippen molar-refractivity contribution in [2.24, 2.45) is 23.2 Å². The van der Waals surface area contributed by atoms with Gasteiger partial charge in [-0.05, 0) is 43.4 Å². The van der Waals surface area contributed by atoms with Gasteiger partial charge in [-0.3, -0.25) is 0 Å². The molecule has 3 rings (SSSR count). The molecule has 3 fully saturated rings. The van der Waals surface area contributed by atoms with Gasteiger partial charge < -0.3 is 9.69 Å². The van der Waals surface area contributed by atoms with Crippen LogP contribution in [0.25, 0.3) is 0 Å². The monoisotopic (exact) mass is 249 g/mol. The molecule has 3 aliphatic rings. The van der Waals surface area contributed by atoms with Crippen LogP contribution in [-0.4, -0.2) is 30.8 Å². The van der Waals surface area contributed by atoms with E-state index in [-0.39, 0.29) is 5.41 Å². The normalized spacial score (nSPS) is 45.1. The Balaban J connectivity index is 1.62. The van der Waals surface area contributed by atoms with E-state index in [9.17, 15) is 4.79 Å². The maximum absolute atomic E-state index is 11.6. The van der Waals surface area contributed by atoms with Crippen LogP contribution in [-0.2, 0) is 4.79 Å². The molecule has 1 saturated heterocycles. The number of carbonyl (C=O) groups excluding carboxylic acids is 1. The Morgan fingerprint density at radius 1 is 1.17 bits per heavy atom. The molecule has 2 aliphatic carbocycles. The molecule has 0 bridgehead atoms. The molecule has 2 heteroatoms. The molecule has 0 spiro atoms. The second-order valence-corrected chi connectivity index (χ2v) is 7.33. The molecule has 18 heavy (non-hydrogen) atoms. The average Bonchev–Trinajstić information content (AvgIpc) is 2.89. The molecule has 4 unspecified atom stereocenters. The van der Waals surface area contributed by atoms with Crippen LogP contribution in [0.1, 0.15) is 51.9 Å². The summed E-state index contributed by atoms with van der Waals surface area (Å²) in [6.07, 6.45) is 10.4. The molecule has 0 N–H and O–H groups in total. The van der Waals surface area contributed by atoms with E-state index >= 15 is 0 Å². The maximum Gasteiger partial charge on any atom is 0.127 e. The van der Waals surface area contributed by atoms with Gasteiger partial charge in [0.2, 0.25) is 0 Å². The smallest absolute Gasteiger partial charge is 0.127 e. The lowest BCUT2D eigenvalue weighted by Crippen LogP contribution is -2.41. The first kappa shape index (κ1) is 12.7. The summed E-state index contributed by atoms with van der Waals surface area (Å²) >= 11 is 0. The lowest BCUT2D eigenvalue weighted by molar-refractivity contribution is -0.119. The molecule has 2 nitrogen and oxygen atoms in total. The first-order valence-electron chi connectivity index (χ1n) is 7.89. The standard InChI is InChI=1S/C16H27NO/c1-13-4-3-7-16(8-13,12-18)11-17-9-14-5-2-6-15(14)10-17/h12-15H,2-11H2,1H3. The van der Waals surface area contributed by atoms with Crippen molar-refractivity contribution in [2.75, 3.05) is 19.6 Å². The molecule has 4 atom stereocenters. The lowest BCUT2D eigenvalue weighted by atomic mass is 9.70. The van der Waals surface area contributed by atoms with Crippen molar-refractivity contribution in [1.29, 1.82) is 0 Å². The summed E-state index contributed by atoms with van der Waals surface area (Å²) in [4.78, 5) is 14.2. The summed E-state index contributed by atoms with van der Waals surface area (Å²) in [5, 5.41) is 0. The van der Waals surface area contributed by atoms with Gasteiger partial charge >= 0.3 is 0 Å². The van der Waals surface area contributed by atoms with Crippen molar-refractivity contribution in [3.05, 3.63) is 0 Å². The van der Waals surface area contributed by atoms with Crippen LogP contribution in [0.15, 0.2) is 0 Å². The summed E-state index contributed by atoms with van der Waals surface area (Å²) < 4.78 is 0. The molecular formula is C16H27NO. The third-order valence-corrected chi connectivity index (χ3v) is 5.72. The molecule has 0 radical (unpaired) electrons. The number of hydrogen-bond acceptors (Lipinski definition) is 2. The van der Waals surface area contributed by atoms with E-state index in [0.717, 1.165) is 37.1 Å². The number of aldehydes is 1. The van der Waals surface area contributed by atoms with Crippen molar-refractivity contribution in [3.63, 3.8) is 0 Å². The number of carbonyl (C=O) groups is 1. The second-order valence-electron chi connectivity index (χ2n) is 7.33. The Labute approximate surface area is 111 Å². The summed E-state index contributed by atoms with van der Waals surface area (Å²) in [6.45, 7) is 5.91. The zero-order valence-corrected chi connectivity index (χ0v) is 11.7. The van der Waals surface area contributed by atoms with Crippen molar-refractivity contribution in [3.8, 4) is 0 Å². The van der Waals surface area contributed by atoms with Crippen molar-refractivity contribution in [1.82, 2.24) is 4.90 Å². The van der Waals surface area contributed by atoms with Gasteiger partial charge in [-0.2, -0.15) is 0 Å². The molecule has 1 aliphatic heterocycles. The number of hydrogen-bond donors (Lipinski definition) is 0. The van der Waals surface area contributed by atoms with Gasteiger partial charge in [0.1, 0.15) is 6.29 Å². The van der Waals surface area contributed by atoms with E-state index in [1.54, 1.807) is 0 Å². The molecule has 102 valence electrons. The van der Waals surface area contributed by atoms with Gasteiger partial charge in [0, 0.05) is 25.0 Å². The molecular weight excluding hydrogens is 222 g/mol. The first-order chi connectivity index (χ1) is 8.71. The molecule has 0 aromatic rings. The van der Waals surface area contributed by atoms with Crippen LogP contribution in [0.3, 0.4) is 0 Å². The number of nitrogens with zero attached hydrogens (tertiary/aromatic N) is 1. The van der Waals surface area contributed by atoms with E-state index in [1.807, 2.05) is 0 Å². The molecule has 0 amide bonds. The van der Waals surface area contributed by atoms with Gasteiger partial charge in [-0.15, -0.1) is 0 Å². The van der Waals surface area contributed by atoms with Crippen LogP contribution in [0.2, 0.25) is 0 Å². The fraction of sp³-hybridized carbons (Fsp3) is 0.938. The van der Waals surface area contributed by atoms with Gasteiger partial charge in [-0.1, -0.05) is 26.2 Å². The SMILES string of the molecule is CC1CCCC(C=O)(CN2CC3CCCC3C2)C1. The first-order valence-corrected chi connectivity index (χ1v) is 7.89. The van der Waals surface area contributed by atoms with Crippen molar-refractivity contribution in [2.45, 2.75) is 51.9 Å². The van der Waals surface area contributed by atoms with E-state index in [2.05, 4.69) is 11.8 Å². The average molecular weight is 249 g/mol. The molecule has 0 aromatic carbocycles. The Morgan fingerprint density at radius 3 is 2.50 bits per heavy atom. The van der Waals surface area contributed by atoms with Crippen LogP contribution < -0.4 is 0 Å². The van der Waals surface area contributed by atoms with Gasteiger partial charge in [0.25, 0.3) is 0 Å². The highest BCUT2D eigenvalue weighted by Gasteiger charge is 2.41. The largest absolute Gasteiger partial charge is 0.303 e. The van der Waals surface area contributed by atoms with Crippen LogP contribution in [0.5, 0.6) is 0 Å². The summed E-state index contributed by atoms with van der Waals surface area (Å²) in [6, 6.07) is 0. The number of rotatable bonds is 3. The zero-order chi connectivity index (χ0) is 12.6. The zero-order valence-electron chi connectivity index (χ0n) is 11.7. The number of likely N-dealkylation sites (tertiary alicyclic amines) is 1. The van der Waals surface area contributed by atoms with Gasteiger partial charge in [0.05, 0.1) is 0 Å². The molecule has 0 aromatic heterocycles. The third kappa shape index (κ3) is 2.36. The van der Waals surface area contributed by atoms with Crippen LogP contribution in [0.4, 0.5) is 0 Å². The fourth-order valence-electron chi connectivity index (χ4n) is 4.90. The highest BCUT2D eigenvalue weighted by atomic mass is 16.1. The lowest BCUT2D eigenvalue weighted by Gasteiger charge is -2.38. The number of fused-ring (bicyclic) bond motifs is 1. The van der Waals surface area contributed by atoms with E-state index in [1.165, 1.54) is 51.5 Å².